The lowest BCUT2D eigenvalue weighted by atomic mass is 10.3. The summed E-state index contributed by atoms with van der Waals surface area (Å²) in [6, 6.07) is 7.89. The molecule has 11 heavy (non-hydrogen) atoms. The van der Waals surface area contributed by atoms with E-state index in [9.17, 15) is 0 Å². The van der Waals surface area contributed by atoms with Gasteiger partial charge in [0.25, 0.3) is 0 Å². The first-order chi connectivity index (χ1) is 5.25. The molecular formula is C8H11BrN2. The molecule has 0 atom stereocenters. The van der Waals surface area contributed by atoms with Crippen LogP contribution in [0.1, 0.15) is 6.92 Å². The molecular weight excluding hydrogens is 204 g/mol. The van der Waals surface area contributed by atoms with E-state index in [1.54, 1.807) is 5.01 Å². The number of anilines is 1. The van der Waals surface area contributed by atoms with Crippen LogP contribution in [-0.2, 0) is 0 Å². The van der Waals surface area contributed by atoms with E-state index in [2.05, 4.69) is 15.9 Å². The number of para-hydroxylation sites is 1. The van der Waals surface area contributed by atoms with Crippen LogP contribution in [0.25, 0.3) is 0 Å². The van der Waals surface area contributed by atoms with Gasteiger partial charge in [0, 0.05) is 11.0 Å². The highest BCUT2D eigenvalue weighted by molar-refractivity contribution is 9.10. The highest BCUT2D eigenvalue weighted by Crippen LogP contribution is 2.22. The molecule has 2 N–H and O–H groups in total. The van der Waals surface area contributed by atoms with Crippen molar-refractivity contribution in [3.8, 4) is 0 Å². The summed E-state index contributed by atoms with van der Waals surface area (Å²) in [5, 5.41) is 1.70. The molecule has 0 aliphatic carbocycles. The van der Waals surface area contributed by atoms with E-state index < -0.39 is 0 Å². The van der Waals surface area contributed by atoms with Crippen molar-refractivity contribution >= 4 is 21.6 Å². The second-order valence-corrected chi connectivity index (χ2v) is 3.09. The summed E-state index contributed by atoms with van der Waals surface area (Å²) in [4.78, 5) is 0. The molecule has 0 saturated carbocycles. The van der Waals surface area contributed by atoms with E-state index in [0.29, 0.717) is 0 Å². The Bertz CT molecular complexity index is 237. The van der Waals surface area contributed by atoms with Crippen LogP contribution in [-0.4, -0.2) is 6.54 Å². The number of hydrogen-bond donors (Lipinski definition) is 1. The van der Waals surface area contributed by atoms with Crippen molar-refractivity contribution < 1.29 is 0 Å². The Morgan fingerprint density at radius 2 is 2.09 bits per heavy atom. The zero-order valence-electron chi connectivity index (χ0n) is 6.42. The number of benzene rings is 1. The predicted octanol–water partition coefficient (Wildman–Crippen LogP) is 2.15. The fourth-order valence-electron chi connectivity index (χ4n) is 0.855. The van der Waals surface area contributed by atoms with Gasteiger partial charge in [-0.15, -0.1) is 0 Å². The third-order valence-electron chi connectivity index (χ3n) is 1.50. The molecule has 60 valence electrons. The largest absolute Gasteiger partial charge is 0.310 e. The van der Waals surface area contributed by atoms with Gasteiger partial charge in [0.05, 0.1) is 5.69 Å². The van der Waals surface area contributed by atoms with Gasteiger partial charge >= 0.3 is 0 Å². The van der Waals surface area contributed by atoms with E-state index >= 15 is 0 Å². The minimum atomic E-state index is 0.808. The number of nitrogens with zero attached hydrogens (tertiary/aromatic N) is 1. The van der Waals surface area contributed by atoms with Crippen molar-refractivity contribution in [1.82, 2.24) is 0 Å². The van der Waals surface area contributed by atoms with Crippen LogP contribution >= 0.6 is 15.9 Å². The summed E-state index contributed by atoms with van der Waals surface area (Å²) in [7, 11) is 0. The number of halogens is 1. The Kier molecular flexibility index (Phi) is 2.91. The fourth-order valence-corrected chi connectivity index (χ4v) is 1.37. The first kappa shape index (κ1) is 8.56. The van der Waals surface area contributed by atoms with Crippen molar-refractivity contribution in [3.05, 3.63) is 28.7 Å². The molecule has 2 nitrogen and oxygen atoms in total. The minimum absolute atomic E-state index is 0.808. The lowest BCUT2D eigenvalue weighted by molar-refractivity contribution is 0.889. The summed E-state index contributed by atoms with van der Waals surface area (Å²) in [6.07, 6.45) is 0. The normalized spacial score (nSPS) is 9.73. The molecule has 1 aromatic carbocycles. The van der Waals surface area contributed by atoms with E-state index in [0.717, 1.165) is 16.7 Å². The summed E-state index contributed by atoms with van der Waals surface area (Å²) in [6.45, 7) is 2.82. The van der Waals surface area contributed by atoms with Gasteiger partial charge in [-0.05, 0) is 35.0 Å². The van der Waals surface area contributed by atoms with Gasteiger partial charge in [-0.25, -0.2) is 5.84 Å². The van der Waals surface area contributed by atoms with Crippen molar-refractivity contribution in [1.29, 1.82) is 0 Å². The molecule has 0 radical (unpaired) electrons. The van der Waals surface area contributed by atoms with Gasteiger partial charge in [0.2, 0.25) is 0 Å². The highest BCUT2D eigenvalue weighted by Gasteiger charge is 2.01. The van der Waals surface area contributed by atoms with Gasteiger partial charge in [0.15, 0.2) is 0 Å². The second kappa shape index (κ2) is 3.74. The van der Waals surface area contributed by atoms with Gasteiger partial charge in [-0.3, -0.25) is 0 Å². The molecule has 0 aliphatic heterocycles. The van der Waals surface area contributed by atoms with Crippen LogP contribution < -0.4 is 10.9 Å². The maximum atomic E-state index is 5.70. The summed E-state index contributed by atoms with van der Waals surface area (Å²) in [5.74, 6) is 5.70. The summed E-state index contributed by atoms with van der Waals surface area (Å²) >= 11 is 3.42. The standard InChI is InChI=1S/C8H11BrN2/c1-2-11(10)8-6-4-3-5-7(8)9/h3-6H,2,10H2,1H3. The Labute approximate surface area is 75.1 Å². The number of rotatable bonds is 2. The van der Waals surface area contributed by atoms with Crippen LogP contribution in [0.3, 0.4) is 0 Å². The lowest BCUT2D eigenvalue weighted by Gasteiger charge is -2.17. The van der Waals surface area contributed by atoms with Crippen LogP contribution in [0.5, 0.6) is 0 Å². The maximum absolute atomic E-state index is 5.70. The number of hydrogen-bond acceptors (Lipinski definition) is 2. The summed E-state index contributed by atoms with van der Waals surface area (Å²) in [5.41, 5.74) is 1.02. The molecule has 1 aromatic rings. The number of hydrazine groups is 1. The zero-order chi connectivity index (χ0) is 8.27. The van der Waals surface area contributed by atoms with Crippen molar-refractivity contribution in [2.75, 3.05) is 11.6 Å². The molecule has 0 spiro atoms. The Hall–Kier alpha value is -0.540. The average molecular weight is 215 g/mol. The smallest absolute Gasteiger partial charge is 0.0659 e. The molecule has 3 heteroatoms. The molecule has 0 aromatic heterocycles. The Balaban J connectivity index is 2.93. The SMILES string of the molecule is CCN(N)c1ccccc1Br. The van der Waals surface area contributed by atoms with Gasteiger partial charge in [0.1, 0.15) is 0 Å². The third-order valence-corrected chi connectivity index (χ3v) is 2.17. The topological polar surface area (TPSA) is 29.3 Å². The van der Waals surface area contributed by atoms with Crippen molar-refractivity contribution in [3.63, 3.8) is 0 Å². The predicted molar refractivity (Wildman–Crippen MR) is 51.3 cm³/mol. The average Bonchev–Trinajstić information content (AvgIpc) is 2.04. The fraction of sp³-hybridized carbons (Fsp3) is 0.250. The third kappa shape index (κ3) is 1.94. The second-order valence-electron chi connectivity index (χ2n) is 2.24. The molecule has 0 bridgehead atoms. The van der Waals surface area contributed by atoms with Gasteiger partial charge in [-0.1, -0.05) is 12.1 Å². The molecule has 0 aliphatic rings. The molecule has 0 amide bonds. The van der Waals surface area contributed by atoms with Crippen LogP contribution in [0.4, 0.5) is 5.69 Å². The summed E-state index contributed by atoms with van der Waals surface area (Å²) < 4.78 is 1.03. The molecule has 0 fully saturated rings. The van der Waals surface area contributed by atoms with Crippen LogP contribution in [0.15, 0.2) is 28.7 Å². The van der Waals surface area contributed by atoms with E-state index in [-0.39, 0.29) is 0 Å². The lowest BCUT2D eigenvalue weighted by Crippen LogP contribution is -2.30. The molecule has 0 unspecified atom stereocenters. The van der Waals surface area contributed by atoms with Gasteiger partial charge < -0.3 is 5.01 Å². The minimum Gasteiger partial charge on any atom is -0.310 e. The van der Waals surface area contributed by atoms with Crippen LogP contribution in [0, 0.1) is 0 Å². The highest BCUT2D eigenvalue weighted by atomic mass is 79.9. The first-order valence-electron chi connectivity index (χ1n) is 3.52. The quantitative estimate of drug-likeness (QED) is 0.605. The van der Waals surface area contributed by atoms with E-state index in [1.807, 2.05) is 31.2 Å². The monoisotopic (exact) mass is 214 g/mol. The van der Waals surface area contributed by atoms with Crippen molar-refractivity contribution in [2.24, 2.45) is 5.84 Å². The molecule has 0 heterocycles. The van der Waals surface area contributed by atoms with Gasteiger partial charge in [-0.2, -0.15) is 0 Å². The first-order valence-corrected chi connectivity index (χ1v) is 4.31. The zero-order valence-corrected chi connectivity index (χ0v) is 8.01. The Morgan fingerprint density at radius 1 is 1.45 bits per heavy atom. The maximum Gasteiger partial charge on any atom is 0.0659 e. The van der Waals surface area contributed by atoms with E-state index in [4.69, 9.17) is 5.84 Å². The molecule has 1 rings (SSSR count). The number of nitrogens with two attached hydrogens (primary N) is 1. The van der Waals surface area contributed by atoms with Crippen LogP contribution in [0.2, 0.25) is 0 Å². The Morgan fingerprint density at radius 3 is 2.64 bits per heavy atom. The van der Waals surface area contributed by atoms with E-state index in [1.165, 1.54) is 0 Å². The molecule has 0 saturated heterocycles. The van der Waals surface area contributed by atoms with Crippen molar-refractivity contribution in [2.45, 2.75) is 6.92 Å².